The molecule has 1 aromatic carbocycles. The molecule has 1 aliphatic carbocycles. The van der Waals surface area contributed by atoms with Gasteiger partial charge in [0.1, 0.15) is 6.04 Å². The number of rotatable bonds is 7. The first kappa shape index (κ1) is 33.0. The van der Waals surface area contributed by atoms with Crippen molar-refractivity contribution >= 4 is 25.8 Å². The van der Waals surface area contributed by atoms with E-state index < -0.39 is 38.6 Å². The number of fused-ring (bicyclic) bond motifs is 1. The number of carbonyl (C=O) groups is 2. The second-order valence-corrected chi connectivity index (χ2v) is 18.8. The van der Waals surface area contributed by atoms with Gasteiger partial charge < -0.3 is 19.5 Å². The predicted octanol–water partition coefficient (Wildman–Crippen LogP) is 6.47. The minimum absolute atomic E-state index is 0.0432. The van der Waals surface area contributed by atoms with Gasteiger partial charge in [0.25, 0.3) is 0 Å². The number of pyridine rings is 1. The Balaban J connectivity index is 1.52. The molecule has 2 aliphatic rings. The molecule has 7 nitrogen and oxygen atoms in total. The first-order chi connectivity index (χ1) is 19.7. The number of aromatic nitrogens is 1. The number of anilines is 1. The number of alkyl halides is 3. The minimum Gasteiger partial charge on any atom is -0.412 e. The van der Waals surface area contributed by atoms with E-state index in [1.807, 2.05) is 12.1 Å². The van der Waals surface area contributed by atoms with Crippen LogP contribution in [0, 0.1) is 0 Å². The molecule has 1 aromatic heterocycles. The van der Waals surface area contributed by atoms with E-state index in [0.29, 0.717) is 10.6 Å². The number of amides is 2. The molecule has 43 heavy (non-hydrogen) atoms. The van der Waals surface area contributed by atoms with Crippen molar-refractivity contribution in [1.29, 1.82) is 0 Å². The highest BCUT2D eigenvalue weighted by Gasteiger charge is 2.51. The molecule has 2 heterocycles. The van der Waals surface area contributed by atoms with Crippen LogP contribution >= 0.6 is 0 Å². The Kier molecular flexibility index (Phi) is 8.85. The van der Waals surface area contributed by atoms with Crippen LogP contribution in [0.3, 0.4) is 0 Å². The fourth-order valence-corrected chi connectivity index (χ4v) is 7.44. The van der Waals surface area contributed by atoms with Gasteiger partial charge in [-0.05, 0) is 47.8 Å². The maximum atomic E-state index is 14.5. The van der Waals surface area contributed by atoms with Crippen LogP contribution in [0.15, 0.2) is 42.6 Å². The number of nitrogens with zero attached hydrogens (tertiary/aromatic N) is 3. The van der Waals surface area contributed by atoms with Gasteiger partial charge in [0.05, 0.1) is 23.7 Å². The maximum absolute atomic E-state index is 14.5. The SMILES string of the molecule is CC(=O)N1C[C@H](O[Si](C)(C)C(C)(C)C)C[C@H]1C(=O)N(C)[C@@H](c1ccc(N[C@@H]2Cc3ccccc3C2(C)C)cn1)C(F)(F)F. The van der Waals surface area contributed by atoms with Crippen LogP contribution in [0.4, 0.5) is 18.9 Å². The maximum Gasteiger partial charge on any atom is 0.414 e. The second-order valence-electron chi connectivity index (χ2n) is 14.1. The van der Waals surface area contributed by atoms with Crippen molar-refractivity contribution in [3.05, 3.63) is 59.4 Å². The summed E-state index contributed by atoms with van der Waals surface area (Å²) >= 11 is 0. The summed E-state index contributed by atoms with van der Waals surface area (Å²) in [5, 5.41) is 3.35. The molecule has 4 atom stereocenters. The average Bonchev–Trinajstić information content (AvgIpc) is 3.41. The summed E-state index contributed by atoms with van der Waals surface area (Å²) in [6.07, 6.45) is -2.87. The molecular formula is C32H45F3N4O3Si. The molecule has 0 saturated carbocycles. The van der Waals surface area contributed by atoms with E-state index in [1.54, 1.807) is 6.07 Å². The van der Waals surface area contributed by atoms with Gasteiger partial charge in [0.15, 0.2) is 14.4 Å². The summed E-state index contributed by atoms with van der Waals surface area (Å²) in [5.41, 5.74) is 2.64. The lowest BCUT2D eigenvalue weighted by Crippen LogP contribution is -2.49. The van der Waals surface area contributed by atoms with Crippen LogP contribution < -0.4 is 5.32 Å². The highest BCUT2D eigenvalue weighted by molar-refractivity contribution is 6.74. The summed E-state index contributed by atoms with van der Waals surface area (Å²) in [5.74, 6) is -1.16. The quantitative estimate of drug-likeness (QED) is 0.360. The zero-order chi connectivity index (χ0) is 32.1. The van der Waals surface area contributed by atoms with E-state index in [2.05, 4.69) is 70.1 Å². The van der Waals surface area contributed by atoms with Gasteiger partial charge in [-0.3, -0.25) is 14.6 Å². The van der Waals surface area contributed by atoms with Gasteiger partial charge in [-0.2, -0.15) is 13.2 Å². The molecule has 1 saturated heterocycles. The zero-order valence-corrected chi connectivity index (χ0v) is 27.7. The van der Waals surface area contributed by atoms with E-state index >= 15 is 0 Å². The van der Waals surface area contributed by atoms with Crippen molar-refractivity contribution in [3.8, 4) is 0 Å². The van der Waals surface area contributed by atoms with Gasteiger partial charge in [-0.1, -0.05) is 58.9 Å². The van der Waals surface area contributed by atoms with Crippen molar-refractivity contribution in [2.75, 3.05) is 18.9 Å². The molecule has 1 aliphatic heterocycles. The predicted molar refractivity (Wildman–Crippen MR) is 164 cm³/mol. The van der Waals surface area contributed by atoms with Crippen LogP contribution in [-0.4, -0.2) is 72.9 Å². The molecule has 0 bridgehead atoms. The van der Waals surface area contributed by atoms with Crippen molar-refractivity contribution in [2.45, 2.75) is 108 Å². The Hall–Kier alpha value is -2.92. The Labute approximate surface area is 254 Å². The monoisotopic (exact) mass is 618 g/mol. The van der Waals surface area contributed by atoms with E-state index in [-0.39, 0.29) is 41.1 Å². The smallest absolute Gasteiger partial charge is 0.412 e. The largest absolute Gasteiger partial charge is 0.414 e. The number of hydrogen-bond acceptors (Lipinski definition) is 5. The van der Waals surface area contributed by atoms with Crippen molar-refractivity contribution in [3.63, 3.8) is 0 Å². The molecule has 4 rings (SSSR count). The van der Waals surface area contributed by atoms with E-state index in [4.69, 9.17) is 4.43 Å². The molecule has 11 heteroatoms. The lowest BCUT2D eigenvalue weighted by atomic mass is 9.83. The highest BCUT2D eigenvalue weighted by atomic mass is 28.4. The van der Waals surface area contributed by atoms with Crippen molar-refractivity contribution in [2.24, 2.45) is 0 Å². The van der Waals surface area contributed by atoms with Gasteiger partial charge >= 0.3 is 6.18 Å². The number of likely N-dealkylation sites (tertiary alicyclic amines) is 1. The van der Waals surface area contributed by atoms with Crippen molar-refractivity contribution < 1.29 is 27.2 Å². The van der Waals surface area contributed by atoms with Crippen LogP contribution in [0.1, 0.15) is 70.8 Å². The number of halogens is 3. The summed E-state index contributed by atoms with van der Waals surface area (Å²) in [7, 11) is -1.10. The lowest BCUT2D eigenvalue weighted by Gasteiger charge is -2.38. The van der Waals surface area contributed by atoms with E-state index in [0.717, 1.165) is 13.5 Å². The molecule has 1 N–H and O–H groups in total. The number of nitrogens with one attached hydrogen (secondary N) is 1. The van der Waals surface area contributed by atoms with Gasteiger partial charge in [-0.15, -0.1) is 0 Å². The molecule has 0 spiro atoms. The third kappa shape index (κ3) is 6.62. The van der Waals surface area contributed by atoms with Gasteiger partial charge in [0.2, 0.25) is 11.8 Å². The number of hydrogen-bond donors (Lipinski definition) is 1. The lowest BCUT2D eigenvalue weighted by molar-refractivity contribution is -0.191. The molecule has 0 radical (unpaired) electrons. The molecule has 236 valence electrons. The van der Waals surface area contributed by atoms with Crippen molar-refractivity contribution in [1.82, 2.24) is 14.8 Å². The van der Waals surface area contributed by atoms with Gasteiger partial charge in [0, 0.05) is 38.4 Å². The minimum atomic E-state index is -4.78. The topological polar surface area (TPSA) is 74.8 Å². The molecule has 1 fully saturated rings. The fraction of sp³-hybridized carbons (Fsp3) is 0.594. The van der Waals surface area contributed by atoms with Crippen LogP contribution in [0.2, 0.25) is 18.1 Å². The Morgan fingerprint density at radius 1 is 1.14 bits per heavy atom. The number of carbonyl (C=O) groups excluding carboxylic acids is 2. The normalized spacial score (nSPS) is 22.7. The number of likely N-dealkylation sites (N-methyl/N-ethyl adjacent to an activating group) is 1. The summed E-state index contributed by atoms with van der Waals surface area (Å²) in [6.45, 7) is 16.2. The third-order valence-corrected chi connectivity index (χ3v) is 14.2. The average molecular weight is 619 g/mol. The highest BCUT2D eigenvalue weighted by Crippen LogP contribution is 2.42. The van der Waals surface area contributed by atoms with E-state index in [9.17, 15) is 22.8 Å². The summed E-state index contributed by atoms with van der Waals surface area (Å²) < 4.78 is 50.0. The molecule has 2 amide bonds. The Morgan fingerprint density at radius 2 is 1.79 bits per heavy atom. The molecule has 0 unspecified atom stereocenters. The molecular weight excluding hydrogens is 573 g/mol. The van der Waals surface area contributed by atoms with E-state index in [1.165, 1.54) is 35.2 Å². The first-order valence-corrected chi connectivity index (χ1v) is 17.7. The summed E-state index contributed by atoms with van der Waals surface area (Å²) in [6, 6.07) is 7.85. The molecule has 2 aromatic rings. The van der Waals surface area contributed by atoms with Crippen LogP contribution in [0.5, 0.6) is 0 Å². The third-order valence-electron chi connectivity index (χ3n) is 9.68. The number of benzene rings is 1. The Morgan fingerprint density at radius 3 is 2.33 bits per heavy atom. The van der Waals surface area contributed by atoms with Crippen LogP contribution in [0.25, 0.3) is 0 Å². The van der Waals surface area contributed by atoms with Crippen LogP contribution in [-0.2, 0) is 25.9 Å². The zero-order valence-electron chi connectivity index (χ0n) is 26.7. The second kappa shape index (κ2) is 11.5. The first-order valence-electron chi connectivity index (χ1n) is 14.8. The summed E-state index contributed by atoms with van der Waals surface area (Å²) in [4.78, 5) is 32.4. The Bertz CT molecular complexity index is 1340. The van der Waals surface area contributed by atoms with Gasteiger partial charge in [-0.25, -0.2) is 0 Å². The standard InChI is InChI=1S/C32H45F3N4O3Si/c1-20(40)39-19-23(42-43(8,9)30(2,3)4)17-26(39)29(41)38(7)28(32(33,34)35)25-15-14-22(18-36-25)37-27-16-21-12-10-11-13-24(21)31(27,5)6/h10-15,18,23,26-28,37H,16-17,19H2,1-9H3/t23-,26+,27-,28+/m1/s1. The fourth-order valence-electron chi connectivity index (χ4n) is 6.08.